The topological polar surface area (TPSA) is 47.3 Å². The zero-order valence-corrected chi connectivity index (χ0v) is 13.4. The van der Waals surface area contributed by atoms with Gasteiger partial charge in [0.05, 0.1) is 18.9 Å². The highest BCUT2D eigenvalue weighted by Crippen LogP contribution is 2.19. The second-order valence-electron chi connectivity index (χ2n) is 4.83. The molecule has 1 heterocycles. The fourth-order valence-electron chi connectivity index (χ4n) is 1.98. The quantitative estimate of drug-likeness (QED) is 0.602. The smallest absolute Gasteiger partial charge is 0.168 e. The summed E-state index contributed by atoms with van der Waals surface area (Å²) in [4.78, 5) is 4.46. The molecule has 0 aliphatic rings. The average molecular weight is 306 g/mol. The van der Waals surface area contributed by atoms with Gasteiger partial charge in [0.1, 0.15) is 0 Å². The van der Waals surface area contributed by atoms with Gasteiger partial charge in [0.15, 0.2) is 5.16 Å². The molecule has 2 rings (SSSR count). The van der Waals surface area contributed by atoms with E-state index >= 15 is 0 Å². The van der Waals surface area contributed by atoms with Crippen molar-refractivity contribution in [2.24, 2.45) is 0 Å². The van der Waals surface area contributed by atoms with Crippen LogP contribution >= 0.6 is 11.8 Å². The van der Waals surface area contributed by atoms with E-state index in [-0.39, 0.29) is 6.61 Å². The number of rotatable bonds is 8. The molecule has 21 heavy (non-hydrogen) atoms. The molecular formula is C16H22N2O2S. The number of nitrogens with zero attached hydrogens (tertiary/aromatic N) is 2. The first-order valence-electron chi connectivity index (χ1n) is 7.16. The fraction of sp³-hybridized carbons (Fsp3) is 0.438. The Labute approximate surface area is 130 Å². The van der Waals surface area contributed by atoms with Crippen molar-refractivity contribution in [2.45, 2.75) is 32.2 Å². The second kappa shape index (κ2) is 8.22. The molecule has 0 amide bonds. The van der Waals surface area contributed by atoms with Gasteiger partial charge in [0.25, 0.3) is 0 Å². The van der Waals surface area contributed by atoms with Crippen LogP contribution in [-0.2, 0) is 17.9 Å². The summed E-state index contributed by atoms with van der Waals surface area (Å²) in [5.41, 5.74) is 3.20. The molecule has 0 spiro atoms. The Morgan fingerprint density at radius 2 is 2.05 bits per heavy atom. The van der Waals surface area contributed by atoms with Gasteiger partial charge in [-0.2, -0.15) is 0 Å². The van der Waals surface area contributed by atoms with Crippen LogP contribution in [0.3, 0.4) is 0 Å². The van der Waals surface area contributed by atoms with E-state index in [9.17, 15) is 5.11 Å². The molecule has 5 heteroatoms. The van der Waals surface area contributed by atoms with Crippen LogP contribution in [0, 0.1) is 6.92 Å². The van der Waals surface area contributed by atoms with Crippen LogP contribution in [0.25, 0.3) is 0 Å². The van der Waals surface area contributed by atoms with Crippen LogP contribution in [0.1, 0.15) is 23.7 Å². The molecule has 0 fully saturated rings. The lowest BCUT2D eigenvalue weighted by atomic mass is 10.1. The van der Waals surface area contributed by atoms with Crippen molar-refractivity contribution in [3.8, 4) is 0 Å². The van der Waals surface area contributed by atoms with Crippen LogP contribution in [0.5, 0.6) is 0 Å². The first kappa shape index (κ1) is 16.1. The van der Waals surface area contributed by atoms with Crippen molar-refractivity contribution in [1.29, 1.82) is 0 Å². The Morgan fingerprint density at radius 3 is 2.71 bits per heavy atom. The monoisotopic (exact) mass is 306 g/mol. The molecule has 0 saturated carbocycles. The molecule has 0 bridgehead atoms. The SMILES string of the molecule is CCOCCSc1nc(CO)cn1Cc1ccc(C)cc1. The molecule has 0 unspecified atom stereocenters. The van der Waals surface area contributed by atoms with Crippen molar-refractivity contribution in [3.05, 3.63) is 47.3 Å². The average Bonchev–Trinajstić information content (AvgIpc) is 2.88. The molecular weight excluding hydrogens is 284 g/mol. The lowest BCUT2D eigenvalue weighted by molar-refractivity contribution is 0.164. The van der Waals surface area contributed by atoms with E-state index in [4.69, 9.17) is 4.74 Å². The summed E-state index contributed by atoms with van der Waals surface area (Å²) in [7, 11) is 0. The van der Waals surface area contributed by atoms with Crippen molar-refractivity contribution < 1.29 is 9.84 Å². The number of aliphatic hydroxyl groups is 1. The first-order valence-corrected chi connectivity index (χ1v) is 8.14. The van der Waals surface area contributed by atoms with Crippen LogP contribution in [0.4, 0.5) is 0 Å². The van der Waals surface area contributed by atoms with Crippen molar-refractivity contribution in [1.82, 2.24) is 9.55 Å². The zero-order chi connectivity index (χ0) is 15.1. The molecule has 0 aliphatic carbocycles. The van der Waals surface area contributed by atoms with E-state index < -0.39 is 0 Å². The number of aliphatic hydroxyl groups excluding tert-OH is 1. The lowest BCUT2D eigenvalue weighted by Crippen LogP contribution is -2.02. The summed E-state index contributed by atoms with van der Waals surface area (Å²) in [6.07, 6.45) is 1.92. The van der Waals surface area contributed by atoms with E-state index in [0.717, 1.165) is 24.1 Å². The number of thioether (sulfide) groups is 1. The van der Waals surface area contributed by atoms with Gasteiger partial charge in [-0.1, -0.05) is 41.6 Å². The summed E-state index contributed by atoms with van der Waals surface area (Å²) in [5, 5.41) is 10.2. The Balaban J connectivity index is 2.06. The van der Waals surface area contributed by atoms with Crippen molar-refractivity contribution in [2.75, 3.05) is 19.0 Å². The third-order valence-electron chi connectivity index (χ3n) is 3.09. The van der Waals surface area contributed by atoms with Gasteiger partial charge in [-0.05, 0) is 19.4 Å². The molecule has 2 aromatic rings. The van der Waals surface area contributed by atoms with Gasteiger partial charge in [0, 0.05) is 25.1 Å². The van der Waals surface area contributed by atoms with Gasteiger partial charge in [0.2, 0.25) is 0 Å². The summed E-state index contributed by atoms with van der Waals surface area (Å²) in [6.45, 7) is 6.27. The van der Waals surface area contributed by atoms with Crippen LogP contribution in [0.2, 0.25) is 0 Å². The van der Waals surface area contributed by atoms with Crippen LogP contribution in [0.15, 0.2) is 35.6 Å². The van der Waals surface area contributed by atoms with E-state index in [1.165, 1.54) is 11.1 Å². The van der Waals surface area contributed by atoms with Gasteiger partial charge >= 0.3 is 0 Å². The molecule has 1 N–H and O–H groups in total. The number of aryl methyl sites for hydroxylation is 1. The minimum absolute atomic E-state index is 0.0279. The van der Waals surface area contributed by atoms with Crippen LogP contribution in [-0.4, -0.2) is 33.6 Å². The minimum Gasteiger partial charge on any atom is -0.390 e. The molecule has 1 aromatic carbocycles. The normalized spacial score (nSPS) is 11.0. The second-order valence-corrected chi connectivity index (χ2v) is 5.89. The third kappa shape index (κ3) is 4.88. The summed E-state index contributed by atoms with van der Waals surface area (Å²) < 4.78 is 7.44. The number of hydrogen-bond donors (Lipinski definition) is 1. The lowest BCUT2D eigenvalue weighted by Gasteiger charge is -2.08. The summed E-state index contributed by atoms with van der Waals surface area (Å²) >= 11 is 1.66. The minimum atomic E-state index is -0.0279. The summed E-state index contributed by atoms with van der Waals surface area (Å²) in [6, 6.07) is 8.48. The van der Waals surface area contributed by atoms with E-state index in [2.05, 4.69) is 40.7 Å². The fourth-order valence-corrected chi connectivity index (χ4v) is 2.83. The van der Waals surface area contributed by atoms with Crippen LogP contribution < -0.4 is 0 Å². The highest BCUT2D eigenvalue weighted by Gasteiger charge is 2.08. The maximum Gasteiger partial charge on any atom is 0.168 e. The predicted molar refractivity (Wildman–Crippen MR) is 85.6 cm³/mol. The molecule has 0 atom stereocenters. The largest absolute Gasteiger partial charge is 0.390 e. The molecule has 1 aromatic heterocycles. The first-order chi connectivity index (χ1) is 10.2. The van der Waals surface area contributed by atoms with E-state index in [1.54, 1.807) is 11.8 Å². The Kier molecular flexibility index (Phi) is 6.29. The highest BCUT2D eigenvalue weighted by atomic mass is 32.2. The van der Waals surface area contributed by atoms with E-state index in [0.29, 0.717) is 12.3 Å². The Morgan fingerprint density at radius 1 is 1.29 bits per heavy atom. The zero-order valence-electron chi connectivity index (χ0n) is 12.6. The van der Waals surface area contributed by atoms with Gasteiger partial charge in [-0.25, -0.2) is 4.98 Å². The summed E-state index contributed by atoms with van der Waals surface area (Å²) in [5.74, 6) is 0.865. The van der Waals surface area contributed by atoms with Gasteiger partial charge < -0.3 is 14.4 Å². The Hall–Kier alpha value is -1.30. The standard InChI is InChI=1S/C16H22N2O2S/c1-3-20-8-9-21-16-17-15(12-19)11-18(16)10-14-6-4-13(2)5-7-14/h4-7,11,19H,3,8-10,12H2,1-2H3. The Bertz CT molecular complexity index is 552. The van der Waals surface area contributed by atoms with Gasteiger partial charge in [-0.3, -0.25) is 0 Å². The number of imidazole rings is 1. The number of aromatic nitrogens is 2. The van der Waals surface area contributed by atoms with Gasteiger partial charge in [-0.15, -0.1) is 0 Å². The highest BCUT2D eigenvalue weighted by molar-refractivity contribution is 7.99. The molecule has 0 saturated heterocycles. The third-order valence-corrected chi connectivity index (χ3v) is 4.04. The molecule has 114 valence electrons. The number of hydrogen-bond acceptors (Lipinski definition) is 4. The molecule has 4 nitrogen and oxygen atoms in total. The molecule has 0 radical (unpaired) electrons. The van der Waals surface area contributed by atoms with E-state index in [1.807, 2.05) is 13.1 Å². The van der Waals surface area contributed by atoms with Crippen molar-refractivity contribution in [3.63, 3.8) is 0 Å². The maximum atomic E-state index is 9.28. The molecule has 0 aliphatic heterocycles. The predicted octanol–water partition coefficient (Wildman–Crippen LogP) is 2.86. The number of ether oxygens (including phenoxy) is 1. The maximum absolute atomic E-state index is 9.28. The van der Waals surface area contributed by atoms with Crippen molar-refractivity contribution >= 4 is 11.8 Å². The number of benzene rings is 1.